The fourth-order valence-electron chi connectivity index (χ4n) is 3.56. The minimum absolute atomic E-state index is 0. The zero-order chi connectivity index (χ0) is 25.3. The van der Waals surface area contributed by atoms with Gasteiger partial charge in [0.15, 0.2) is 0 Å². The molecule has 2 aliphatic rings. The SMILES string of the molecule is C[N-]C.C[N-]C.Cc1cc(C)cc(N=C2CCC[N-]2)c1.Cc1cc(C)cc([N-]C2=NCCC2)c1.[Ti+4]. The van der Waals surface area contributed by atoms with Crippen LogP contribution in [0.2, 0.25) is 0 Å². The Bertz CT molecular complexity index is 873. The maximum Gasteiger partial charge on any atom is 4.00 e. The van der Waals surface area contributed by atoms with Gasteiger partial charge in [-0.1, -0.05) is 96.3 Å². The van der Waals surface area contributed by atoms with E-state index in [2.05, 4.69) is 95.3 Å². The summed E-state index contributed by atoms with van der Waals surface area (Å²) in [5.41, 5.74) is 7.15. The van der Waals surface area contributed by atoms with Gasteiger partial charge in [-0.25, -0.2) is 0 Å². The first-order valence-electron chi connectivity index (χ1n) is 11.9. The van der Waals surface area contributed by atoms with Crippen molar-refractivity contribution in [3.63, 3.8) is 0 Å². The van der Waals surface area contributed by atoms with E-state index in [-0.39, 0.29) is 21.7 Å². The van der Waals surface area contributed by atoms with Crippen LogP contribution in [-0.2, 0) is 21.7 Å². The summed E-state index contributed by atoms with van der Waals surface area (Å²) >= 11 is 0. The largest absolute Gasteiger partial charge is 4.00 e. The zero-order valence-corrected chi connectivity index (χ0v) is 24.5. The average molecular weight is 511 g/mol. The summed E-state index contributed by atoms with van der Waals surface area (Å²) in [6, 6.07) is 12.7. The normalized spacial score (nSPS) is 14.6. The number of rotatable bonds is 2. The summed E-state index contributed by atoms with van der Waals surface area (Å²) in [5.74, 6) is 2.02. The number of aryl methyl sites for hydroxylation is 4. The van der Waals surface area contributed by atoms with Crippen molar-refractivity contribution in [2.75, 3.05) is 41.3 Å². The zero-order valence-electron chi connectivity index (χ0n) is 22.9. The second-order valence-corrected chi connectivity index (χ2v) is 8.61. The number of hydrogen-bond acceptors (Lipinski definition) is 2. The maximum atomic E-state index is 4.53. The van der Waals surface area contributed by atoms with Gasteiger partial charge in [-0.2, -0.15) is 28.2 Å². The molecule has 0 aliphatic carbocycles. The first-order valence-corrected chi connectivity index (χ1v) is 11.9. The molecular weight excluding hydrogens is 468 g/mol. The van der Waals surface area contributed by atoms with Crippen LogP contribution in [0.25, 0.3) is 21.3 Å². The molecule has 188 valence electrons. The molecule has 2 heterocycles. The van der Waals surface area contributed by atoms with E-state index in [1.54, 1.807) is 28.2 Å². The van der Waals surface area contributed by atoms with Gasteiger partial charge >= 0.3 is 21.7 Å². The van der Waals surface area contributed by atoms with Crippen molar-refractivity contribution in [2.45, 2.75) is 53.4 Å². The third-order valence-corrected chi connectivity index (χ3v) is 4.63. The third kappa shape index (κ3) is 14.9. The van der Waals surface area contributed by atoms with Gasteiger partial charge in [0.1, 0.15) is 0 Å². The Morgan fingerprint density at radius 1 is 0.743 bits per heavy atom. The maximum absolute atomic E-state index is 4.53. The molecule has 0 aromatic heterocycles. The molecule has 1 saturated heterocycles. The van der Waals surface area contributed by atoms with Gasteiger partial charge in [-0.3, -0.25) is 0 Å². The second kappa shape index (κ2) is 19.2. The van der Waals surface area contributed by atoms with Crippen LogP contribution in [0.1, 0.15) is 47.9 Å². The van der Waals surface area contributed by atoms with Crippen LogP contribution in [0.5, 0.6) is 0 Å². The summed E-state index contributed by atoms with van der Waals surface area (Å²) in [6.07, 6.45) is 4.38. The molecule has 0 spiro atoms. The van der Waals surface area contributed by atoms with Crippen molar-refractivity contribution in [1.82, 2.24) is 0 Å². The predicted octanol–water partition coefficient (Wildman–Crippen LogP) is 8.24. The quantitative estimate of drug-likeness (QED) is 0.365. The summed E-state index contributed by atoms with van der Waals surface area (Å²) in [7, 11) is 7.00. The van der Waals surface area contributed by atoms with Crippen molar-refractivity contribution in [3.8, 4) is 0 Å². The van der Waals surface area contributed by atoms with Gasteiger partial charge in [-0.15, -0.1) is 0 Å². The number of aliphatic imine (C=N–C) groups is 2. The van der Waals surface area contributed by atoms with E-state index in [9.17, 15) is 0 Å². The Labute approximate surface area is 228 Å². The molecule has 0 bridgehead atoms. The molecule has 2 aromatic carbocycles. The van der Waals surface area contributed by atoms with Crippen LogP contribution in [0.15, 0.2) is 46.4 Å². The van der Waals surface area contributed by atoms with Crippen LogP contribution in [0.4, 0.5) is 11.4 Å². The smallest absolute Gasteiger partial charge is 0.668 e. The summed E-state index contributed by atoms with van der Waals surface area (Å²) in [4.78, 5) is 8.87. The Hall–Kier alpha value is -1.99. The van der Waals surface area contributed by atoms with Crippen LogP contribution in [-0.4, -0.2) is 53.0 Å². The van der Waals surface area contributed by atoms with Gasteiger partial charge in [0.25, 0.3) is 0 Å². The first kappa shape index (κ1) is 33.0. The molecule has 6 nitrogen and oxygen atoms in total. The molecule has 0 saturated carbocycles. The molecule has 4 rings (SSSR count). The minimum Gasteiger partial charge on any atom is -0.668 e. The number of benzene rings is 2. The fourth-order valence-corrected chi connectivity index (χ4v) is 3.56. The Balaban J connectivity index is 0.000000528. The van der Waals surface area contributed by atoms with E-state index in [0.29, 0.717) is 0 Å². The Kier molecular flexibility index (Phi) is 18.1. The van der Waals surface area contributed by atoms with Crippen molar-refractivity contribution in [1.29, 1.82) is 0 Å². The standard InChI is InChI=1S/2C12H15N2.2C2H6N.Ti/c2*1-9-6-10(2)8-11(7-9)14-12-4-3-5-13-12;2*1-3-2;/h2*6-8H,3-5H2,1-2H3;2*1-2H3;/q4*-1;+4. The number of hydrogen-bond donors (Lipinski definition) is 0. The van der Waals surface area contributed by atoms with Gasteiger partial charge in [0.2, 0.25) is 0 Å². The van der Waals surface area contributed by atoms with E-state index in [1.807, 2.05) is 0 Å². The topological polar surface area (TPSA) is 81.1 Å². The third-order valence-electron chi connectivity index (χ3n) is 4.63. The van der Waals surface area contributed by atoms with Gasteiger partial charge in [0.05, 0.1) is 0 Å². The molecule has 35 heavy (non-hydrogen) atoms. The van der Waals surface area contributed by atoms with E-state index in [1.165, 1.54) is 22.3 Å². The van der Waals surface area contributed by atoms with E-state index in [4.69, 9.17) is 0 Å². The van der Waals surface area contributed by atoms with Crippen LogP contribution >= 0.6 is 0 Å². The van der Waals surface area contributed by atoms with Gasteiger partial charge < -0.3 is 31.3 Å². The summed E-state index contributed by atoms with van der Waals surface area (Å²) in [5, 5.41) is 15.9. The molecule has 2 aliphatic heterocycles. The number of amidine groups is 2. The molecule has 0 amide bonds. The number of nitrogens with zero attached hydrogens (tertiary/aromatic N) is 6. The summed E-state index contributed by atoms with van der Waals surface area (Å²) < 4.78 is 0. The molecule has 7 heteroatoms. The van der Waals surface area contributed by atoms with E-state index < -0.39 is 0 Å². The monoisotopic (exact) mass is 510 g/mol. The minimum atomic E-state index is 0. The molecule has 0 atom stereocenters. The molecule has 2 aromatic rings. The second-order valence-electron chi connectivity index (χ2n) is 8.61. The van der Waals surface area contributed by atoms with Crippen molar-refractivity contribution in [2.24, 2.45) is 9.98 Å². The van der Waals surface area contributed by atoms with Crippen LogP contribution < -0.4 is 0 Å². The Morgan fingerprint density at radius 2 is 1.26 bits per heavy atom. The van der Waals surface area contributed by atoms with E-state index >= 15 is 0 Å². The van der Waals surface area contributed by atoms with Crippen molar-refractivity contribution >= 4 is 23.0 Å². The van der Waals surface area contributed by atoms with Crippen molar-refractivity contribution in [3.05, 3.63) is 79.9 Å². The molecule has 0 radical (unpaired) electrons. The molecular formula is C28H42N6Ti. The molecule has 1 fully saturated rings. The Morgan fingerprint density at radius 3 is 1.69 bits per heavy atom. The average Bonchev–Trinajstić information content (AvgIpc) is 3.43. The van der Waals surface area contributed by atoms with Crippen LogP contribution in [0, 0.1) is 27.7 Å². The van der Waals surface area contributed by atoms with Crippen molar-refractivity contribution < 1.29 is 21.7 Å². The first-order chi connectivity index (χ1) is 16.3. The van der Waals surface area contributed by atoms with Gasteiger partial charge in [-0.05, 0) is 51.9 Å². The van der Waals surface area contributed by atoms with E-state index in [0.717, 1.165) is 61.8 Å². The summed E-state index contributed by atoms with van der Waals surface area (Å²) in [6.45, 7) is 10.3. The molecule has 0 unspecified atom stereocenters. The van der Waals surface area contributed by atoms with Gasteiger partial charge in [0, 0.05) is 0 Å². The molecule has 0 N–H and O–H groups in total. The fraction of sp³-hybridized carbons (Fsp3) is 0.500. The predicted molar refractivity (Wildman–Crippen MR) is 151 cm³/mol. The van der Waals surface area contributed by atoms with Crippen LogP contribution in [0.3, 0.4) is 0 Å².